The van der Waals surface area contributed by atoms with E-state index in [-0.39, 0.29) is 36.2 Å². The number of carbonyl (C=O) groups is 3. The Balaban J connectivity index is 1.58. The van der Waals surface area contributed by atoms with Gasteiger partial charge in [0.25, 0.3) is 11.8 Å². The molecule has 3 aromatic carbocycles. The Hall–Kier alpha value is -3.64. The first-order valence-corrected chi connectivity index (χ1v) is 12.9. The number of ether oxygens (including phenoxy) is 1. The summed E-state index contributed by atoms with van der Waals surface area (Å²) >= 11 is 6.33. The number of hydrogen-bond acceptors (Lipinski definition) is 4. The number of nitrogens with zero attached hydrogens (tertiary/aromatic N) is 1. The van der Waals surface area contributed by atoms with E-state index in [9.17, 15) is 14.4 Å². The molecule has 192 valence electrons. The van der Waals surface area contributed by atoms with Gasteiger partial charge in [0.2, 0.25) is 0 Å². The number of nitrogens with one attached hydrogen (secondary N) is 1. The highest BCUT2D eigenvalue weighted by Gasteiger charge is 2.32. The maximum absolute atomic E-state index is 13.8. The summed E-state index contributed by atoms with van der Waals surface area (Å²) in [6.07, 6.45) is 1.71. The summed E-state index contributed by atoms with van der Waals surface area (Å²) in [4.78, 5) is 40.5. The molecule has 0 saturated carbocycles. The van der Waals surface area contributed by atoms with Crippen LogP contribution in [0.25, 0.3) is 0 Å². The van der Waals surface area contributed by atoms with Gasteiger partial charge < -0.3 is 15.0 Å². The molecule has 0 aromatic heterocycles. The summed E-state index contributed by atoms with van der Waals surface area (Å²) in [5.74, 6) is -0.692. The van der Waals surface area contributed by atoms with Crippen molar-refractivity contribution in [2.75, 3.05) is 16.8 Å². The molecule has 2 unspecified atom stereocenters. The molecule has 0 fully saturated rings. The van der Waals surface area contributed by atoms with Crippen molar-refractivity contribution in [1.29, 1.82) is 0 Å². The van der Waals surface area contributed by atoms with Crippen LogP contribution in [0.5, 0.6) is 0 Å². The van der Waals surface area contributed by atoms with E-state index < -0.39 is 0 Å². The lowest BCUT2D eigenvalue weighted by Gasteiger charge is -2.29. The average Bonchev–Trinajstić information content (AvgIpc) is 3.00. The van der Waals surface area contributed by atoms with Gasteiger partial charge in [-0.3, -0.25) is 14.4 Å². The first kappa shape index (κ1) is 26.4. The van der Waals surface area contributed by atoms with Gasteiger partial charge in [-0.25, -0.2) is 0 Å². The molecule has 1 heterocycles. The standard InChI is InChI=1S/C30H31ClN2O4/c1-4-37-28(34)17-22-10-9-20(3)33(27-16-13-23(31)18-26(22)27)30(36)21-11-14-24(15-12-21)32-29(35)25-8-6-5-7-19(25)2/h5-8,11-16,18,20,22H,4,9-10,17H2,1-3H3,(H,32,35). The molecule has 2 atom stereocenters. The van der Waals surface area contributed by atoms with Crippen molar-refractivity contribution in [2.45, 2.75) is 52.0 Å². The zero-order valence-corrected chi connectivity index (χ0v) is 22.0. The van der Waals surface area contributed by atoms with Crippen LogP contribution < -0.4 is 10.2 Å². The highest BCUT2D eigenvalue weighted by molar-refractivity contribution is 6.30. The number of rotatable bonds is 6. The van der Waals surface area contributed by atoms with Crippen LogP contribution in [0.15, 0.2) is 66.7 Å². The third-order valence-corrected chi connectivity index (χ3v) is 7.01. The molecule has 4 rings (SSSR count). The monoisotopic (exact) mass is 518 g/mol. The molecular weight excluding hydrogens is 488 g/mol. The Kier molecular flexibility index (Phi) is 8.29. The van der Waals surface area contributed by atoms with Crippen molar-refractivity contribution in [2.24, 2.45) is 0 Å². The van der Waals surface area contributed by atoms with Gasteiger partial charge in [0.1, 0.15) is 0 Å². The topological polar surface area (TPSA) is 75.7 Å². The second kappa shape index (κ2) is 11.6. The van der Waals surface area contributed by atoms with Gasteiger partial charge in [-0.05, 0) is 99.2 Å². The summed E-state index contributed by atoms with van der Waals surface area (Å²) in [7, 11) is 0. The first-order chi connectivity index (χ1) is 17.8. The summed E-state index contributed by atoms with van der Waals surface area (Å²) in [6, 6.07) is 19.7. The lowest BCUT2D eigenvalue weighted by atomic mass is 9.90. The van der Waals surface area contributed by atoms with Crippen LogP contribution >= 0.6 is 11.6 Å². The van der Waals surface area contributed by atoms with Gasteiger partial charge in [-0.1, -0.05) is 29.8 Å². The van der Waals surface area contributed by atoms with Crippen molar-refractivity contribution in [1.82, 2.24) is 0 Å². The fourth-order valence-corrected chi connectivity index (χ4v) is 5.02. The molecule has 0 spiro atoms. The Morgan fingerprint density at radius 3 is 2.46 bits per heavy atom. The molecule has 1 N–H and O–H groups in total. The highest BCUT2D eigenvalue weighted by Crippen LogP contribution is 2.40. The molecular formula is C30H31ClN2O4. The zero-order valence-electron chi connectivity index (χ0n) is 21.3. The van der Waals surface area contributed by atoms with Crippen molar-refractivity contribution in [3.05, 3.63) is 94.0 Å². The lowest BCUT2D eigenvalue weighted by Crippen LogP contribution is -2.38. The minimum absolute atomic E-state index is 0.0833. The molecule has 0 aliphatic carbocycles. The van der Waals surface area contributed by atoms with Gasteiger partial charge in [0, 0.05) is 33.6 Å². The molecule has 0 bridgehead atoms. The van der Waals surface area contributed by atoms with Crippen LogP contribution in [0, 0.1) is 6.92 Å². The first-order valence-electron chi connectivity index (χ1n) is 12.5. The molecule has 6 nitrogen and oxygen atoms in total. The van der Waals surface area contributed by atoms with Gasteiger partial charge in [0.15, 0.2) is 0 Å². The third-order valence-electron chi connectivity index (χ3n) is 6.78. The summed E-state index contributed by atoms with van der Waals surface area (Å²) in [6.45, 7) is 6.02. The number of hydrogen-bond donors (Lipinski definition) is 1. The van der Waals surface area contributed by atoms with Crippen molar-refractivity contribution in [3.63, 3.8) is 0 Å². The fraction of sp³-hybridized carbons (Fsp3) is 0.300. The summed E-state index contributed by atoms with van der Waals surface area (Å²) in [5, 5.41) is 3.46. The van der Waals surface area contributed by atoms with Gasteiger partial charge in [-0.2, -0.15) is 0 Å². The van der Waals surface area contributed by atoms with E-state index >= 15 is 0 Å². The Morgan fingerprint density at radius 1 is 1.03 bits per heavy atom. The maximum atomic E-state index is 13.8. The van der Waals surface area contributed by atoms with E-state index in [0.717, 1.165) is 29.7 Å². The van der Waals surface area contributed by atoms with Gasteiger partial charge in [0.05, 0.1) is 13.0 Å². The second-order valence-electron chi connectivity index (χ2n) is 9.36. The van der Waals surface area contributed by atoms with Gasteiger partial charge in [-0.15, -0.1) is 0 Å². The smallest absolute Gasteiger partial charge is 0.306 e. The maximum Gasteiger partial charge on any atom is 0.306 e. The molecule has 3 aromatic rings. The Bertz CT molecular complexity index is 1310. The normalized spacial score (nSPS) is 16.9. The van der Waals surface area contributed by atoms with E-state index in [1.54, 1.807) is 48.2 Å². The largest absolute Gasteiger partial charge is 0.466 e. The lowest BCUT2D eigenvalue weighted by molar-refractivity contribution is -0.143. The van der Waals surface area contributed by atoms with Crippen molar-refractivity contribution >= 4 is 40.8 Å². The molecule has 2 amide bonds. The fourth-order valence-electron chi connectivity index (χ4n) is 4.84. The van der Waals surface area contributed by atoms with E-state index in [0.29, 0.717) is 28.4 Å². The summed E-state index contributed by atoms with van der Waals surface area (Å²) < 4.78 is 5.19. The minimum atomic E-state index is -0.255. The van der Waals surface area contributed by atoms with Crippen LogP contribution in [0.1, 0.15) is 70.9 Å². The molecule has 0 saturated heterocycles. The predicted molar refractivity (Wildman–Crippen MR) is 147 cm³/mol. The molecule has 7 heteroatoms. The number of anilines is 2. The van der Waals surface area contributed by atoms with Crippen molar-refractivity contribution < 1.29 is 19.1 Å². The number of benzene rings is 3. The quantitative estimate of drug-likeness (QED) is 0.365. The van der Waals surface area contributed by atoms with Crippen molar-refractivity contribution in [3.8, 4) is 0 Å². The van der Waals surface area contributed by atoms with Crippen LogP contribution in [0.3, 0.4) is 0 Å². The zero-order chi connectivity index (χ0) is 26.5. The van der Waals surface area contributed by atoms with E-state index in [1.165, 1.54) is 0 Å². The SMILES string of the molecule is CCOC(=O)CC1CCC(C)N(C(=O)c2ccc(NC(=O)c3ccccc3C)cc2)c2ccc(Cl)cc21. The van der Waals surface area contributed by atoms with E-state index in [4.69, 9.17) is 16.3 Å². The van der Waals surface area contributed by atoms with E-state index in [2.05, 4.69) is 5.32 Å². The average molecular weight is 519 g/mol. The Morgan fingerprint density at radius 2 is 1.76 bits per heavy atom. The number of halogens is 1. The summed E-state index contributed by atoms with van der Waals surface area (Å²) in [5.41, 5.74) is 4.24. The number of amides is 2. The highest BCUT2D eigenvalue weighted by atomic mass is 35.5. The number of esters is 1. The van der Waals surface area contributed by atoms with E-state index in [1.807, 2.05) is 44.2 Å². The van der Waals surface area contributed by atoms with Gasteiger partial charge >= 0.3 is 5.97 Å². The Labute approximate surface area is 222 Å². The van der Waals surface area contributed by atoms with Crippen LogP contribution in [0.2, 0.25) is 5.02 Å². The van der Waals surface area contributed by atoms with Crippen LogP contribution in [-0.4, -0.2) is 30.4 Å². The molecule has 0 radical (unpaired) electrons. The molecule has 37 heavy (non-hydrogen) atoms. The molecule has 1 aliphatic rings. The third kappa shape index (κ3) is 6.03. The molecule has 1 aliphatic heterocycles. The number of aryl methyl sites for hydroxylation is 1. The number of carbonyl (C=O) groups excluding carboxylic acids is 3. The minimum Gasteiger partial charge on any atom is -0.466 e. The van der Waals surface area contributed by atoms with Crippen LogP contribution in [0.4, 0.5) is 11.4 Å². The predicted octanol–water partition coefficient (Wildman–Crippen LogP) is 6.77. The number of fused-ring (bicyclic) bond motifs is 1. The van der Waals surface area contributed by atoms with Crippen LogP contribution in [-0.2, 0) is 9.53 Å². The second-order valence-corrected chi connectivity index (χ2v) is 9.79.